The Morgan fingerprint density at radius 1 is 1.03 bits per heavy atom. The van der Waals surface area contributed by atoms with E-state index in [-0.39, 0.29) is 17.4 Å². The Morgan fingerprint density at radius 2 is 1.61 bits per heavy atom. The Morgan fingerprint density at radius 3 is 2.13 bits per heavy atom. The molecule has 3 aromatic rings. The lowest BCUT2D eigenvalue weighted by Gasteiger charge is -2.45. The van der Waals surface area contributed by atoms with Crippen molar-refractivity contribution in [2.75, 3.05) is 6.61 Å². The Bertz CT molecular complexity index is 1350. The minimum absolute atomic E-state index is 0.0761. The van der Waals surface area contributed by atoms with Crippen LogP contribution in [0.4, 0.5) is 4.79 Å². The van der Waals surface area contributed by atoms with Gasteiger partial charge >= 0.3 is 5.37 Å². The van der Waals surface area contributed by atoms with Gasteiger partial charge in [0.05, 0.1) is 18.2 Å². The molecule has 0 fully saturated rings. The fraction of sp³-hybridized carbons (Fsp3) is 0.355. The van der Waals surface area contributed by atoms with Crippen LogP contribution in [0.15, 0.2) is 71.7 Å². The summed E-state index contributed by atoms with van der Waals surface area (Å²) in [5, 5.41) is 0.629. The van der Waals surface area contributed by atoms with Crippen LogP contribution in [-0.2, 0) is 11.0 Å². The van der Waals surface area contributed by atoms with Crippen LogP contribution in [0.1, 0.15) is 69.7 Å². The first-order valence-corrected chi connectivity index (χ1v) is 13.9. The molecule has 4 nitrogen and oxygen atoms in total. The molecule has 0 aromatic heterocycles. The van der Waals surface area contributed by atoms with Crippen LogP contribution in [0.2, 0.25) is 10.0 Å². The second kappa shape index (κ2) is 10.9. The standard InChI is InChI=1S/C31H33Cl3N2O2/c1-7-38-27-18-23(30(4,5)6)12-17-26(27)28-35-20(3)31(36(28)29(34)37,22-10-15-25(33)16-11-22)19(2)21-8-13-24(32)14-9-21/h8-20H,7H2,1-6H3/t19-,20+,31-/m0/s1. The largest absolute Gasteiger partial charge is 0.493 e. The lowest BCUT2D eigenvalue weighted by molar-refractivity contribution is 0.159. The molecule has 3 aromatic carbocycles. The van der Waals surface area contributed by atoms with Gasteiger partial charge in [-0.3, -0.25) is 14.7 Å². The van der Waals surface area contributed by atoms with Gasteiger partial charge in [-0.15, -0.1) is 0 Å². The maximum Gasteiger partial charge on any atom is 0.322 e. The van der Waals surface area contributed by atoms with E-state index in [1.165, 1.54) is 0 Å². The van der Waals surface area contributed by atoms with Crippen LogP contribution >= 0.6 is 34.8 Å². The normalized spacial score (nSPS) is 20.3. The molecular formula is C31H33Cl3N2O2. The molecule has 200 valence electrons. The molecular weight excluding hydrogens is 539 g/mol. The number of halogens is 3. The molecule has 3 atom stereocenters. The Hall–Kier alpha value is -2.53. The van der Waals surface area contributed by atoms with Crippen molar-refractivity contribution in [3.05, 3.63) is 99.0 Å². The van der Waals surface area contributed by atoms with Gasteiger partial charge < -0.3 is 4.74 Å². The third-order valence-electron chi connectivity index (χ3n) is 7.44. The highest BCUT2D eigenvalue weighted by Gasteiger charge is 2.56. The van der Waals surface area contributed by atoms with Gasteiger partial charge in [-0.05, 0) is 84.0 Å². The van der Waals surface area contributed by atoms with Crippen LogP contribution < -0.4 is 4.74 Å². The van der Waals surface area contributed by atoms with Gasteiger partial charge in [0.15, 0.2) is 0 Å². The minimum Gasteiger partial charge on any atom is -0.493 e. The van der Waals surface area contributed by atoms with Crippen molar-refractivity contribution in [2.24, 2.45) is 4.99 Å². The molecule has 1 amide bonds. The van der Waals surface area contributed by atoms with Crippen LogP contribution in [0.25, 0.3) is 0 Å². The van der Waals surface area contributed by atoms with E-state index in [1.54, 1.807) is 4.90 Å². The first-order chi connectivity index (χ1) is 17.9. The topological polar surface area (TPSA) is 41.9 Å². The highest BCUT2D eigenvalue weighted by atomic mass is 35.5. The van der Waals surface area contributed by atoms with Crippen molar-refractivity contribution in [3.8, 4) is 5.75 Å². The Balaban J connectivity index is 1.97. The molecule has 0 saturated heterocycles. The summed E-state index contributed by atoms with van der Waals surface area (Å²) in [4.78, 5) is 20.2. The summed E-state index contributed by atoms with van der Waals surface area (Å²) >= 11 is 19.0. The first kappa shape index (κ1) is 28.5. The predicted octanol–water partition coefficient (Wildman–Crippen LogP) is 9.20. The number of ether oxygens (including phenoxy) is 1. The van der Waals surface area contributed by atoms with Gasteiger partial charge in [0.1, 0.15) is 17.1 Å². The van der Waals surface area contributed by atoms with Gasteiger partial charge in [-0.1, -0.05) is 81.2 Å². The van der Waals surface area contributed by atoms with Gasteiger partial charge in [0.2, 0.25) is 0 Å². The van der Waals surface area contributed by atoms with Crippen LogP contribution in [-0.4, -0.2) is 28.8 Å². The number of amides is 1. The number of amidine groups is 1. The number of nitrogens with zero attached hydrogens (tertiary/aromatic N) is 2. The molecule has 4 rings (SSSR count). The Kier molecular flexibility index (Phi) is 8.18. The van der Waals surface area contributed by atoms with E-state index in [0.29, 0.717) is 28.2 Å². The molecule has 0 aliphatic carbocycles. The monoisotopic (exact) mass is 570 g/mol. The second-order valence-electron chi connectivity index (χ2n) is 10.7. The van der Waals surface area contributed by atoms with Crippen LogP contribution in [0.5, 0.6) is 5.75 Å². The summed E-state index contributed by atoms with van der Waals surface area (Å²) in [5.41, 5.74) is 2.72. The zero-order valence-corrected chi connectivity index (χ0v) is 24.8. The lowest BCUT2D eigenvalue weighted by Crippen LogP contribution is -2.54. The summed E-state index contributed by atoms with van der Waals surface area (Å²) in [5.74, 6) is 0.946. The second-order valence-corrected chi connectivity index (χ2v) is 11.9. The van der Waals surface area contributed by atoms with E-state index in [0.717, 1.165) is 22.3 Å². The van der Waals surface area contributed by atoms with Crippen molar-refractivity contribution >= 4 is 46.0 Å². The Labute approximate surface area is 240 Å². The van der Waals surface area contributed by atoms with E-state index in [2.05, 4.69) is 33.8 Å². The number of benzene rings is 3. The summed E-state index contributed by atoms with van der Waals surface area (Å²) in [6.07, 6.45) is 0. The number of hydrogen-bond donors (Lipinski definition) is 0. The molecule has 0 bridgehead atoms. The SMILES string of the molecule is CCOc1cc(C(C)(C)C)ccc1C1=N[C@H](C)[C@](c2ccc(Cl)cc2)([C@@H](C)c2ccc(Cl)cc2)N1C(=O)Cl. The molecule has 38 heavy (non-hydrogen) atoms. The van der Waals surface area contributed by atoms with Crippen molar-refractivity contribution in [1.82, 2.24) is 4.90 Å². The van der Waals surface area contributed by atoms with Crippen molar-refractivity contribution in [3.63, 3.8) is 0 Å². The van der Waals surface area contributed by atoms with Gasteiger partial charge in [-0.2, -0.15) is 0 Å². The summed E-state index contributed by atoms with van der Waals surface area (Å²) in [6, 6.07) is 21.0. The summed E-state index contributed by atoms with van der Waals surface area (Å²) < 4.78 is 6.10. The molecule has 1 aliphatic rings. The molecule has 1 aliphatic heterocycles. The van der Waals surface area contributed by atoms with Gasteiger partial charge in [0.25, 0.3) is 0 Å². The van der Waals surface area contributed by atoms with E-state index in [1.807, 2.05) is 74.5 Å². The molecule has 0 radical (unpaired) electrons. The maximum atomic E-state index is 13.4. The number of rotatable bonds is 6. The van der Waals surface area contributed by atoms with Crippen LogP contribution in [0.3, 0.4) is 0 Å². The summed E-state index contributed by atoms with van der Waals surface area (Å²) in [6.45, 7) is 13.0. The zero-order valence-electron chi connectivity index (χ0n) is 22.6. The highest BCUT2D eigenvalue weighted by Crippen LogP contribution is 2.51. The number of carbonyl (C=O) groups is 1. The number of carbonyl (C=O) groups excluding carboxylic acids is 1. The van der Waals surface area contributed by atoms with Gasteiger partial charge in [-0.25, -0.2) is 0 Å². The highest BCUT2D eigenvalue weighted by molar-refractivity contribution is 6.64. The van der Waals surface area contributed by atoms with E-state index in [4.69, 9.17) is 44.5 Å². The fourth-order valence-corrected chi connectivity index (χ4v) is 5.94. The average molecular weight is 572 g/mol. The number of aliphatic imine (C=N–C) groups is 1. The lowest BCUT2D eigenvalue weighted by atomic mass is 9.71. The quantitative estimate of drug-likeness (QED) is 0.219. The van der Waals surface area contributed by atoms with E-state index >= 15 is 0 Å². The molecule has 0 saturated carbocycles. The molecule has 0 N–H and O–H groups in total. The third-order valence-corrected chi connectivity index (χ3v) is 8.11. The fourth-order valence-electron chi connectivity index (χ4n) is 5.47. The maximum absolute atomic E-state index is 13.4. The molecule has 0 unspecified atom stereocenters. The average Bonchev–Trinajstić information content (AvgIpc) is 3.17. The first-order valence-electron chi connectivity index (χ1n) is 12.8. The van der Waals surface area contributed by atoms with Gasteiger partial charge in [0, 0.05) is 16.0 Å². The van der Waals surface area contributed by atoms with Crippen LogP contribution in [0, 0.1) is 0 Å². The van der Waals surface area contributed by atoms with E-state index in [9.17, 15) is 4.79 Å². The third kappa shape index (κ3) is 5.06. The van der Waals surface area contributed by atoms with Crippen molar-refractivity contribution < 1.29 is 9.53 Å². The smallest absolute Gasteiger partial charge is 0.322 e. The zero-order chi connectivity index (χ0) is 27.8. The molecule has 0 spiro atoms. The van der Waals surface area contributed by atoms with E-state index < -0.39 is 10.9 Å². The number of hydrogen-bond acceptors (Lipinski definition) is 3. The predicted molar refractivity (Wildman–Crippen MR) is 158 cm³/mol. The summed E-state index contributed by atoms with van der Waals surface area (Å²) in [7, 11) is 0. The molecule has 1 heterocycles. The molecule has 7 heteroatoms. The van der Waals surface area contributed by atoms with Crippen molar-refractivity contribution in [1.29, 1.82) is 0 Å². The minimum atomic E-state index is -0.932. The van der Waals surface area contributed by atoms with Crippen molar-refractivity contribution in [2.45, 2.75) is 64.5 Å².